The number of ether oxygens (including phenoxy) is 1. The average Bonchev–Trinajstić information content (AvgIpc) is 3.03. The van der Waals surface area contributed by atoms with E-state index in [1.54, 1.807) is 25.4 Å². The summed E-state index contributed by atoms with van der Waals surface area (Å²) in [5, 5.41) is 8.43. The Morgan fingerprint density at radius 1 is 1.32 bits per heavy atom. The maximum absolute atomic E-state index is 6.04. The van der Waals surface area contributed by atoms with E-state index >= 15 is 0 Å². The molecular weight excluding hydrogens is 320 g/mol. The molecule has 3 rings (SSSR count). The molecule has 0 bridgehead atoms. The zero-order chi connectivity index (χ0) is 15.4. The van der Waals surface area contributed by atoms with Crippen LogP contribution in [-0.2, 0) is 5.75 Å². The van der Waals surface area contributed by atoms with Gasteiger partial charge in [0.25, 0.3) is 0 Å². The van der Waals surface area contributed by atoms with Crippen LogP contribution in [0.25, 0.3) is 11.4 Å². The molecule has 5 nitrogen and oxygen atoms in total. The number of aromatic amines is 1. The molecule has 0 saturated carbocycles. The number of halogens is 1. The molecule has 22 heavy (non-hydrogen) atoms. The van der Waals surface area contributed by atoms with Crippen LogP contribution in [0.1, 0.15) is 5.56 Å². The summed E-state index contributed by atoms with van der Waals surface area (Å²) >= 11 is 7.58. The van der Waals surface area contributed by atoms with E-state index in [9.17, 15) is 0 Å². The van der Waals surface area contributed by atoms with Gasteiger partial charge in [-0.1, -0.05) is 29.4 Å². The Kier molecular flexibility index (Phi) is 4.60. The van der Waals surface area contributed by atoms with Crippen LogP contribution in [0, 0.1) is 0 Å². The summed E-state index contributed by atoms with van der Waals surface area (Å²) < 4.78 is 5.33. The van der Waals surface area contributed by atoms with Crippen molar-refractivity contribution >= 4 is 23.4 Å². The number of rotatable bonds is 5. The van der Waals surface area contributed by atoms with Gasteiger partial charge in [-0.05, 0) is 29.8 Å². The smallest absolute Gasteiger partial charge is 0.209 e. The van der Waals surface area contributed by atoms with E-state index in [0.29, 0.717) is 21.8 Å². The molecule has 0 aliphatic heterocycles. The fourth-order valence-corrected chi connectivity index (χ4v) is 2.83. The minimum Gasteiger partial charge on any atom is -0.496 e. The Hall–Kier alpha value is -2.05. The number of benzene rings is 1. The first kappa shape index (κ1) is 14.9. The van der Waals surface area contributed by atoms with Gasteiger partial charge in [-0.15, -0.1) is 5.10 Å². The monoisotopic (exact) mass is 332 g/mol. The van der Waals surface area contributed by atoms with Gasteiger partial charge < -0.3 is 4.74 Å². The van der Waals surface area contributed by atoms with Gasteiger partial charge in [0, 0.05) is 23.2 Å². The van der Waals surface area contributed by atoms with Crippen molar-refractivity contribution in [3.05, 3.63) is 53.3 Å². The number of nitrogens with one attached hydrogen (secondary N) is 1. The van der Waals surface area contributed by atoms with Crippen molar-refractivity contribution in [3.63, 3.8) is 0 Å². The quantitative estimate of drug-likeness (QED) is 0.719. The SMILES string of the molecule is COc1ccc(Cl)cc1-c1nc(SCc2cccnc2)n[nH]1. The summed E-state index contributed by atoms with van der Waals surface area (Å²) in [7, 11) is 1.61. The number of H-pyrrole nitrogens is 1. The van der Waals surface area contributed by atoms with E-state index in [1.807, 2.05) is 24.4 Å². The van der Waals surface area contributed by atoms with Crippen molar-refractivity contribution in [1.82, 2.24) is 20.2 Å². The summed E-state index contributed by atoms with van der Waals surface area (Å²) in [6, 6.07) is 9.32. The largest absolute Gasteiger partial charge is 0.496 e. The molecular formula is C15H13ClN4OS. The topological polar surface area (TPSA) is 63.7 Å². The first-order chi connectivity index (χ1) is 10.8. The molecule has 7 heteroatoms. The normalized spacial score (nSPS) is 10.6. The van der Waals surface area contributed by atoms with Crippen LogP contribution in [0.3, 0.4) is 0 Å². The number of thioether (sulfide) groups is 1. The number of aromatic nitrogens is 4. The number of methoxy groups -OCH3 is 1. The fraction of sp³-hybridized carbons (Fsp3) is 0.133. The highest BCUT2D eigenvalue weighted by Crippen LogP contribution is 2.31. The molecule has 2 aromatic heterocycles. The molecule has 2 heterocycles. The third-order valence-electron chi connectivity index (χ3n) is 2.97. The van der Waals surface area contributed by atoms with E-state index in [2.05, 4.69) is 20.2 Å². The van der Waals surface area contributed by atoms with Crippen LogP contribution in [0.2, 0.25) is 5.02 Å². The number of hydrogen-bond acceptors (Lipinski definition) is 5. The molecule has 0 spiro atoms. The molecule has 0 radical (unpaired) electrons. The lowest BCUT2D eigenvalue weighted by Gasteiger charge is -2.05. The van der Waals surface area contributed by atoms with Gasteiger partial charge in [0.1, 0.15) is 5.75 Å². The van der Waals surface area contributed by atoms with Crippen molar-refractivity contribution in [1.29, 1.82) is 0 Å². The second-order valence-electron chi connectivity index (χ2n) is 4.46. The molecule has 0 fully saturated rings. The standard InChI is InChI=1S/C15H13ClN4OS/c1-21-13-5-4-11(16)7-12(13)14-18-15(20-19-14)22-9-10-3-2-6-17-8-10/h2-8H,9H2,1H3,(H,18,19,20). The molecule has 0 aliphatic rings. The summed E-state index contributed by atoms with van der Waals surface area (Å²) in [5.74, 6) is 2.09. The average molecular weight is 333 g/mol. The zero-order valence-electron chi connectivity index (χ0n) is 11.8. The molecule has 3 aromatic rings. The molecule has 1 aromatic carbocycles. The van der Waals surface area contributed by atoms with E-state index in [4.69, 9.17) is 16.3 Å². The Morgan fingerprint density at radius 2 is 2.23 bits per heavy atom. The predicted octanol–water partition coefficient (Wildman–Crippen LogP) is 3.82. The summed E-state index contributed by atoms with van der Waals surface area (Å²) in [6.07, 6.45) is 3.59. The second-order valence-corrected chi connectivity index (χ2v) is 5.84. The van der Waals surface area contributed by atoms with Crippen LogP contribution < -0.4 is 4.74 Å². The van der Waals surface area contributed by atoms with Gasteiger partial charge in [-0.3, -0.25) is 10.1 Å². The van der Waals surface area contributed by atoms with Crippen molar-refractivity contribution in [2.24, 2.45) is 0 Å². The van der Waals surface area contributed by atoms with E-state index < -0.39 is 0 Å². The third kappa shape index (κ3) is 3.40. The minimum absolute atomic E-state index is 0.622. The van der Waals surface area contributed by atoms with Gasteiger partial charge in [0.2, 0.25) is 5.16 Å². The van der Waals surface area contributed by atoms with Crippen molar-refractivity contribution in [2.45, 2.75) is 10.9 Å². The maximum atomic E-state index is 6.04. The first-order valence-electron chi connectivity index (χ1n) is 6.54. The Bertz CT molecular complexity index is 763. The van der Waals surface area contributed by atoms with E-state index in [1.165, 1.54) is 11.8 Å². The highest BCUT2D eigenvalue weighted by Gasteiger charge is 2.12. The lowest BCUT2D eigenvalue weighted by molar-refractivity contribution is 0.416. The molecule has 0 amide bonds. The van der Waals surface area contributed by atoms with E-state index in [0.717, 1.165) is 16.9 Å². The lowest BCUT2D eigenvalue weighted by atomic mass is 10.2. The summed E-state index contributed by atoms with van der Waals surface area (Å²) in [4.78, 5) is 8.57. The number of hydrogen-bond donors (Lipinski definition) is 1. The first-order valence-corrected chi connectivity index (χ1v) is 7.90. The number of nitrogens with zero attached hydrogens (tertiary/aromatic N) is 3. The zero-order valence-corrected chi connectivity index (χ0v) is 13.4. The van der Waals surface area contributed by atoms with Crippen LogP contribution in [0.5, 0.6) is 5.75 Å². The van der Waals surface area contributed by atoms with Crippen molar-refractivity contribution in [2.75, 3.05) is 7.11 Å². The van der Waals surface area contributed by atoms with Gasteiger partial charge in [-0.2, -0.15) is 0 Å². The molecule has 0 saturated heterocycles. The maximum Gasteiger partial charge on any atom is 0.209 e. The second kappa shape index (κ2) is 6.81. The lowest BCUT2D eigenvalue weighted by Crippen LogP contribution is -1.89. The Labute approximate surface area is 137 Å². The summed E-state index contributed by atoms with van der Waals surface area (Å²) in [5.41, 5.74) is 1.91. The minimum atomic E-state index is 0.622. The van der Waals surface area contributed by atoms with Crippen LogP contribution in [0.4, 0.5) is 0 Å². The highest BCUT2D eigenvalue weighted by molar-refractivity contribution is 7.98. The fourth-order valence-electron chi connectivity index (χ4n) is 1.93. The van der Waals surface area contributed by atoms with Gasteiger partial charge >= 0.3 is 0 Å². The predicted molar refractivity (Wildman–Crippen MR) is 87.2 cm³/mol. The molecule has 0 unspecified atom stereocenters. The third-order valence-corrected chi connectivity index (χ3v) is 4.13. The van der Waals surface area contributed by atoms with Crippen LogP contribution >= 0.6 is 23.4 Å². The van der Waals surface area contributed by atoms with Crippen molar-refractivity contribution < 1.29 is 4.74 Å². The Balaban J connectivity index is 1.78. The molecule has 0 aliphatic carbocycles. The van der Waals surface area contributed by atoms with Crippen molar-refractivity contribution in [3.8, 4) is 17.1 Å². The molecule has 1 N–H and O–H groups in total. The van der Waals surface area contributed by atoms with Crippen LogP contribution in [0.15, 0.2) is 47.9 Å². The van der Waals surface area contributed by atoms with Crippen LogP contribution in [-0.4, -0.2) is 27.3 Å². The Morgan fingerprint density at radius 3 is 3.00 bits per heavy atom. The molecule has 0 atom stereocenters. The molecule has 112 valence electrons. The highest BCUT2D eigenvalue weighted by atomic mass is 35.5. The number of pyridine rings is 1. The van der Waals surface area contributed by atoms with E-state index in [-0.39, 0.29) is 0 Å². The van der Waals surface area contributed by atoms with Gasteiger partial charge in [-0.25, -0.2) is 4.98 Å². The van der Waals surface area contributed by atoms with Gasteiger partial charge in [0.05, 0.1) is 12.7 Å². The summed E-state index contributed by atoms with van der Waals surface area (Å²) in [6.45, 7) is 0. The van der Waals surface area contributed by atoms with Gasteiger partial charge in [0.15, 0.2) is 5.82 Å².